The van der Waals surface area contributed by atoms with Crippen molar-refractivity contribution in [2.45, 2.75) is 12.5 Å². The number of fused-ring (bicyclic) bond motifs is 1. The van der Waals surface area contributed by atoms with Gasteiger partial charge in [0.25, 0.3) is 0 Å². The number of benzene rings is 2. The van der Waals surface area contributed by atoms with Crippen LogP contribution in [0.25, 0.3) is 0 Å². The average molecular weight is 298 g/mol. The molecule has 0 saturated carbocycles. The summed E-state index contributed by atoms with van der Waals surface area (Å²) in [6.45, 7) is 1.44. The van der Waals surface area contributed by atoms with Crippen LogP contribution in [0.3, 0.4) is 0 Å². The third-order valence-electron chi connectivity index (χ3n) is 3.57. The summed E-state index contributed by atoms with van der Waals surface area (Å²) in [5, 5.41) is 7.03. The standard InChI is InChI=1S/C17H18N2OS/c21-17(19-14-7-2-1-3-8-14)18-12-16-15-9-5-4-6-13(15)10-11-20-16/h1-9,16H,10-12H2,(H2,18,19,21)/t16-/m0/s1. The fourth-order valence-electron chi connectivity index (χ4n) is 2.53. The average Bonchev–Trinajstić information content (AvgIpc) is 2.54. The van der Waals surface area contributed by atoms with E-state index in [9.17, 15) is 0 Å². The second-order valence-corrected chi connectivity index (χ2v) is 5.42. The van der Waals surface area contributed by atoms with Crippen molar-refractivity contribution in [3.05, 3.63) is 65.7 Å². The third kappa shape index (κ3) is 3.60. The Hall–Kier alpha value is -1.91. The minimum atomic E-state index is 0.0606. The summed E-state index contributed by atoms with van der Waals surface area (Å²) >= 11 is 5.33. The first-order valence-corrected chi connectivity index (χ1v) is 7.53. The Bertz CT molecular complexity index is 615. The number of hydrogen-bond donors (Lipinski definition) is 2. The molecule has 0 aromatic heterocycles. The first-order valence-electron chi connectivity index (χ1n) is 7.12. The van der Waals surface area contributed by atoms with Crippen molar-refractivity contribution in [1.29, 1.82) is 0 Å². The third-order valence-corrected chi connectivity index (χ3v) is 3.82. The number of para-hydroxylation sites is 1. The van der Waals surface area contributed by atoms with E-state index in [4.69, 9.17) is 17.0 Å². The van der Waals surface area contributed by atoms with Crippen molar-refractivity contribution in [2.75, 3.05) is 18.5 Å². The maximum Gasteiger partial charge on any atom is 0.170 e. The zero-order valence-electron chi connectivity index (χ0n) is 11.7. The molecule has 4 heteroatoms. The molecular formula is C17H18N2OS. The highest BCUT2D eigenvalue weighted by Gasteiger charge is 2.20. The summed E-state index contributed by atoms with van der Waals surface area (Å²) in [6.07, 6.45) is 1.05. The number of thiocarbonyl (C=S) groups is 1. The summed E-state index contributed by atoms with van der Waals surface area (Å²) in [6, 6.07) is 18.4. The smallest absolute Gasteiger partial charge is 0.170 e. The van der Waals surface area contributed by atoms with E-state index in [0.29, 0.717) is 11.7 Å². The lowest BCUT2D eigenvalue weighted by molar-refractivity contribution is 0.0456. The Morgan fingerprint density at radius 3 is 2.71 bits per heavy atom. The van der Waals surface area contributed by atoms with Gasteiger partial charge in [0.05, 0.1) is 6.61 Å². The fourth-order valence-corrected chi connectivity index (χ4v) is 2.73. The normalized spacial score (nSPS) is 16.9. The molecule has 3 nitrogen and oxygen atoms in total. The van der Waals surface area contributed by atoms with Gasteiger partial charge in [-0.05, 0) is 41.9 Å². The molecule has 0 spiro atoms. The number of nitrogens with one attached hydrogen (secondary N) is 2. The Morgan fingerprint density at radius 1 is 1.10 bits per heavy atom. The van der Waals surface area contributed by atoms with E-state index in [1.807, 2.05) is 30.3 Å². The Balaban J connectivity index is 1.57. The molecule has 108 valence electrons. The molecule has 1 aliphatic heterocycles. The maximum atomic E-state index is 5.86. The van der Waals surface area contributed by atoms with Crippen molar-refractivity contribution >= 4 is 23.0 Å². The fraction of sp³-hybridized carbons (Fsp3) is 0.235. The van der Waals surface area contributed by atoms with E-state index >= 15 is 0 Å². The zero-order valence-corrected chi connectivity index (χ0v) is 12.5. The summed E-state index contributed by atoms with van der Waals surface area (Å²) < 4.78 is 5.86. The Labute approximate surface area is 130 Å². The number of ether oxygens (including phenoxy) is 1. The first-order chi connectivity index (χ1) is 10.3. The number of anilines is 1. The predicted molar refractivity (Wildman–Crippen MR) is 89.5 cm³/mol. The molecule has 0 radical (unpaired) electrons. The number of rotatable bonds is 3. The van der Waals surface area contributed by atoms with Crippen LogP contribution in [0.2, 0.25) is 0 Å². The van der Waals surface area contributed by atoms with Gasteiger partial charge >= 0.3 is 0 Å². The van der Waals surface area contributed by atoms with E-state index in [1.165, 1.54) is 11.1 Å². The van der Waals surface area contributed by atoms with Gasteiger partial charge in [0.15, 0.2) is 5.11 Å². The van der Waals surface area contributed by atoms with Crippen LogP contribution in [-0.4, -0.2) is 18.3 Å². The van der Waals surface area contributed by atoms with E-state index in [-0.39, 0.29) is 6.10 Å². The van der Waals surface area contributed by atoms with Crippen LogP contribution in [-0.2, 0) is 11.2 Å². The molecular weight excluding hydrogens is 280 g/mol. The second kappa shape index (κ2) is 6.70. The summed E-state index contributed by atoms with van der Waals surface area (Å²) in [4.78, 5) is 0. The van der Waals surface area contributed by atoms with E-state index < -0.39 is 0 Å². The maximum absolute atomic E-state index is 5.86. The molecule has 0 saturated heterocycles. The van der Waals surface area contributed by atoms with Crippen LogP contribution >= 0.6 is 12.2 Å². The molecule has 1 atom stereocenters. The van der Waals surface area contributed by atoms with Gasteiger partial charge in [-0.15, -0.1) is 0 Å². The molecule has 2 aromatic rings. The van der Waals surface area contributed by atoms with Crippen LogP contribution in [0, 0.1) is 0 Å². The van der Waals surface area contributed by atoms with E-state index in [0.717, 1.165) is 18.7 Å². The predicted octanol–water partition coefficient (Wildman–Crippen LogP) is 3.29. The van der Waals surface area contributed by atoms with Gasteiger partial charge in [-0.1, -0.05) is 42.5 Å². The van der Waals surface area contributed by atoms with Crippen LogP contribution in [0.4, 0.5) is 5.69 Å². The van der Waals surface area contributed by atoms with E-state index in [1.54, 1.807) is 0 Å². The quantitative estimate of drug-likeness (QED) is 0.852. The molecule has 2 N–H and O–H groups in total. The lowest BCUT2D eigenvalue weighted by Crippen LogP contribution is -2.34. The SMILES string of the molecule is S=C(NC[C@@H]1OCCc2ccccc21)Nc1ccccc1. The minimum Gasteiger partial charge on any atom is -0.371 e. The van der Waals surface area contributed by atoms with Gasteiger partial charge in [0, 0.05) is 12.2 Å². The van der Waals surface area contributed by atoms with Gasteiger partial charge in [-0.2, -0.15) is 0 Å². The van der Waals surface area contributed by atoms with Crippen molar-refractivity contribution in [2.24, 2.45) is 0 Å². The molecule has 0 unspecified atom stereocenters. The van der Waals surface area contributed by atoms with Crippen molar-refractivity contribution in [3.63, 3.8) is 0 Å². The lowest BCUT2D eigenvalue weighted by Gasteiger charge is -2.26. The highest BCUT2D eigenvalue weighted by Crippen LogP contribution is 2.26. The molecule has 0 aliphatic carbocycles. The van der Waals surface area contributed by atoms with Crippen LogP contribution < -0.4 is 10.6 Å². The van der Waals surface area contributed by atoms with Crippen LogP contribution in [0.5, 0.6) is 0 Å². The molecule has 21 heavy (non-hydrogen) atoms. The molecule has 3 rings (SSSR count). The first kappa shape index (κ1) is 14.0. The Kier molecular flexibility index (Phi) is 4.48. The van der Waals surface area contributed by atoms with Crippen molar-refractivity contribution in [1.82, 2.24) is 5.32 Å². The summed E-state index contributed by atoms with van der Waals surface area (Å²) in [7, 11) is 0. The monoisotopic (exact) mass is 298 g/mol. The molecule has 0 amide bonds. The topological polar surface area (TPSA) is 33.3 Å². The van der Waals surface area contributed by atoms with Crippen molar-refractivity contribution in [3.8, 4) is 0 Å². The van der Waals surface area contributed by atoms with Gasteiger partial charge in [0.1, 0.15) is 6.10 Å². The molecule has 1 heterocycles. The number of hydrogen-bond acceptors (Lipinski definition) is 2. The second-order valence-electron chi connectivity index (χ2n) is 5.01. The molecule has 2 aromatic carbocycles. The van der Waals surface area contributed by atoms with Gasteiger partial charge in [-0.25, -0.2) is 0 Å². The molecule has 1 aliphatic rings. The van der Waals surface area contributed by atoms with Crippen LogP contribution in [0.1, 0.15) is 17.2 Å². The summed E-state index contributed by atoms with van der Waals surface area (Å²) in [5.74, 6) is 0. The Morgan fingerprint density at radius 2 is 1.86 bits per heavy atom. The van der Waals surface area contributed by atoms with Gasteiger partial charge in [-0.3, -0.25) is 0 Å². The molecule has 0 fully saturated rings. The van der Waals surface area contributed by atoms with Crippen molar-refractivity contribution < 1.29 is 4.74 Å². The van der Waals surface area contributed by atoms with Gasteiger partial charge in [0.2, 0.25) is 0 Å². The van der Waals surface area contributed by atoms with E-state index in [2.05, 4.69) is 34.9 Å². The van der Waals surface area contributed by atoms with Crippen LogP contribution in [0.15, 0.2) is 54.6 Å². The highest BCUT2D eigenvalue weighted by molar-refractivity contribution is 7.80. The lowest BCUT2D eigenvalue weighted by atomic mass is 9.98. The zero-order chi connectivity index (χ0) is 14.5. The largest absolute Gasteiger partial charge is 0.371 e. The summed E-state index contributed by atoms with van der Waals surface area (Å²) in [5.41, 5.74) is 3.62. The van der Waals surface area contributed by atoms with Gasteiger partial charge < -0.3 is 15.4 Å². The minimum absolute atomic E-state index is 0.0606. The molecule has 0 bridgehead atoms. The highest BCUT2D eigenvalue weighted by atomic mass is 32.1.